The van der Waals surface area contributed by atoms with E-state index in [1.54, 1.807) is 20.3 Å². The molecule has 0 amide bonds. The molecule has 1 aromatic rings. The number of hydrogen-bond acceptors (Lipinski definition) is 3. The Kier molecular flexibility index (Phi) is 5.60. The highest BCUT2D eigenvalue weighted by atomic mass is 19.1. The molecular formula is C15H24FNO2. The zero-order valence-corrected chi connectivity index (χ0v) is 12.3. The van der Waals surface area contributed by atoms with Gasteiger partial charge in [0.05, 0.1) is 14.2 Å². The summed E-state index contributed by atoms with van der Waals surface area (Å²) in [5, 5.41) is 0. The van der Waals surface area contributed by atoms with E-state index in [4.69, 9.17) is 15.2 Å². The Bertz CT molecular complexity index is 413. The third kappa shape index (κ3) is 4.10. The minimum atomic E-state index is -1.46. The van der Waals surface area contributed by atoms with Crippen LogP contribution in [0.1, 0.15) is 37.8 Å². The second kappa shape index (κ2) is 6.75. The van der Waals surface area contributed by atoms with Crippen molar-refractivity contribution in [2.45, 2.75) is 38.8 Å². The highest BCUT2D eigenvalue weighted by Gasteiger charge is 2.25. The van der Waals surface area contributed by atoms with Gasteiger partial charge in [0.2, 0.25) is 0 Å². The molecule has 0 aliphatic rings. The van der Waals surface area contributed by atoms with Crippen molar-refractivity contribution in [1.82, 2.24) is 0 Å². The molecule has 0 heterocycles. The summed E-state index contributed by atoms with van der Waals surface area (Å²) in [5.41, 5.74) is 5.57. The second-order valence-corrected chi connectivity index (χ2v) is 5.08. The minimum absolute atomic E-state index is 0.509. The Balaban J connectivity index is 3.12. The molecule has 0 radical (unpaired) electrons. The first-order valence-corrected chi connectivity index (χ1v) is 6.58. The summed E-state index contributed by atoms with van der Waals surface area (Å²) in [6, 6.07) is 3.60. The van der Waals surface area contributed by atoms with Crippen molar-refractivity contribution in [3.05, 3.63) is 23.3 Å². The van der Waals surface area contributed by atoms with Crippen LogP contribution in [0.15, 0.2) is 12.1 Å². The van der Waals surface area contributed by atoms with Crippen molar-refractivity contribution in [3.63, 3.8) is 0 Å². The van der Waals surface area contributed by atoms with Crippen LogP contribution < -0.4 is 15.2 Å². The first-order chi connectivity index (χ1) is 8.93. The van der Waals surface area contributed by atoms with E-state index in [0.29, 0.717) is 23.6 Å². The van der Waals surface area contributed by atoms with Gasteiger partial charge in [0, 0.05) is 5.56 Å². The Morgan fingerprint density at radius 1 is 1.11 bits per heavy atom. The van der Waals surface area contributed by atoms with Crippen molar-refractivity contribution in [1.29, 1.82) is 0 Å². The zero-order valence-electron chi connectivity index (χ0n) is 12.3. The zero-order chi connectivity index (χ0) is 14.5. The Labute approximate surface area is 114 Å². The van der Waals surface area contributed by atoms with E-state index in [1.807, 2.05) is 6.07 Å². The van der Waals surface area contributed by atoms with Gasteiger partial charge in [-0.25, -0.2) is 4.39 Å². The van der Waals surface area contributed by atoms with Crippen molar-refractivity contribution in [2.75, 3.05) is 20.8 Å². The van der Waals surface area contributed by atoms with E-state index in [0.717, 1.165) is 24.8 Å². The monoisotopic (exact) mass is 269 g/mol. The van der Waals surface area contributed by atoms with Crippen LogP contribution in [0.3, 0.4) is 0 Å². The molecule has 108 valence electrons. The predicted octanol–water partition coefficient (Wildman–Crippen LogP) is 3.19. The summed E-state index contributed by atoms with van der Waals surface area (Å²) in [6.45, 7) is 3.70. The quantitative estimate of drug-likeness (QED) is 0.773. The second-order valence-electron chi connectivity index (χ2n) is 5.08. The van der Waals surface area contributed by atoms with Gasteiger partial charge in [0.15, 0.2) is 0 Å². The number of unbranched alkanes of at least 4 members (excludes halogenated alkanes) is 1. The fraction of sp³-hybridized carbons (Fsp3) is 0.600. The maximum absolute atomic E-state index is 14.2. The van der Waals surface area contributed by atoms with Gasteiger partial charge in [-0.2, -0.15) is 0 Å². The van der Waals surface area contributed by atoms with Crippen LogP contribution >= 0.6 is 0 Å². The van der Waals surface area contributed by atoms with Crippen molar-refractivity contribution < 1.29 is 13.9 Å². The maximum Gasteiger partial charge on any atom is 0.134 e. The van der Waals surface area contributed by atoms with Gasteiger partial charge in [-0.3, -0.25) is 0 Å². The molecular weight excluding hydrogens is 245 g/mol. The molecule has 3 nitrogen and oxygen atoms in total. The van der Waals surface area contributed by atoms with Gasteiger partial charge in [0.1, 0.15) is 17.2 Å². The molecule has 4 heteroatoms. The molecule has 0 aliphatic carbocycles. The minimum Gasteiger partial charge on any atom is -0.496 e. The molecule has 19 heavy (non-hydrogen) atoms. The van der Waals surface area contributed by atoms with Gasteiger partial charge in [0.25, 0.3) is 0 Å². The molecule has 0 unspecified atom stereocenters. The number of nitrogens with two attached hydrogens (primary N) is 1. The third-order valence-corrected chi connectivity index (χ3v) is 3.14. The van der Waals surface area contributed by atoms with Crippen molar-refractivity contribution in [2.24, 2.45) is 5.73 Å². The summed E-state index contributed by atoms with van der Waals surface area (Å²) >= 11 is 0. The maximum atomic E-state index is 14.2. The molecule has 0 atom stereocenters. The summed E-state index contributed by atoms with van der Waals surface area (Å²) in [6.07, 6.45) is 2.79. The molecule has 0 spiro atoms. The van der Waals surface area contributed by atoms with E-state index in [2.05, 4.69) is 0 Å². The average Bonchev–Trinajstić information content (AvgIpc) is 2.37. The molecule has 0 bridgehead atoms. The largest absolute Gasteiger partial charge is 0.496 e. The Hall–Kier alpha value is -1.29. The number of rotatable bonds is 7. The normalized spacial score (nSPS) is 11.5. The first-order valence-electron chi connectivity index (χ1n) is 6.58. The first kappa shape index (κ1) is 15.8. The molecule has 1 aromatic carbocycles. The van der Waals surface area contributed by atoms with Gasteiger partial charge in [-0.1, -0.05) is 0 Å². The highest BCUT2D eigenvalue weighted by Crippen LogP contribution is 2.38. The lowest BCUT2D eigenvalue weighted by Gasteiger charge is -2.21. The summed E-state index contributed by atoms with van der Waals surface area (Å²) in [4.78, 5) is 0. The van der Waals surface area contributed by atoms with Crippen LogP contribution in [0.4, 0.5) is 4.39 Å². The summed E-state index contributed by atoms with van der Waals surface area (Å²) < 4.78 is 24.8. The van der Waals surface area contributed by atoms with Crippen LogP contribution in [0.5, 0.6) is 11.5 Å². The lowest BCUT2D eigenvalue weighted by molar-refractivity contribution is 0.212. The van der Waals surface area contributed by atoms with Crippen LogP contribution in [-0.4, -0.2) is 20.8 Å². The molecule has 0 saturated carbocycles. The van der Waals surface area contributed by atoms with E-state index in [9.17, 15) is 4.39 Å². The lowest BCUT2D eigenvalue weighted by Crippen LogP contribution is -2.12. The molecule has 0 aromatic heterocycles. The third-order valence-electron chi connectivity index (χ3n) is 3.14. The van der Waals surface area contributed by atoms with Gasteiger partial charge in [-0.15, -0.1) is 0 Å². The van der Waals surface area contributed by atoms with Crippen molar-refractivity contribution >= 4 is 0 Å². The molecule has 2 N–H and O–H groups in total. The summed E-state index contributed by atoms with van der Waals surface area (Å²) in [5.74, 6) is 1.27. The van der Waals surface area contributed by atoms with E-state index < -0.39 is 5.67 Å². The molecule has 0 aliphatic heterocycles. The van der Waals surface area contributed by atoms with Crippen LogP contribution in [0.2, 0.25) is 0 Å². The van der Waals surface area contributed by atoms with Crippen LogP contribution in [0.25, 0.3) is 0 Å². The predicted molar refractivity (Wildman–Crippen MR) is 75.7 cm³/mol. The van der Waals surface area contributed by atoms with Crippen LogP contribution in [-0.2, 0) is 12.1 Å². The number of hydrogen-bond donors (Lipinski definition) is 1. The number of halogens is 1. The lowest BCUT2D eigenvalue weighted by atomic mass is 9.95. The molecule has 1 rings (SSSR count). The fourth-order valence-electron chi connectivity index (χ4n) is 2.08. The SMILES string of the molecule is COc1cc(C(C)(C)F)c(OC)cc1CCCCN. The summed E-state index contributed by atoms with van der Waals surface area (Å²) in [7, 11) is 3.16. The van der Waals surface area contributed by atoms with E-state index in [-0.39, 0.29) is 0 Å². The Morgan fingerprint density at radius 3 is 2.21 bits per heavy atom. The number of aryl methyl sites for hydroxylation is 1. The average molecular weight is 269 g/mol. The number of alkyl halides is 1. The number of methoxy groups -OCH3 is 2. The Morgan fingerprint density at radius 2 is 1.74 bits per heavy atom. The van der Waals surface area contributed by atoms with E-state index >= 15 is 0 Å². The smallest absolute Gasteiger partial charge is 0.134 e. The van der Waals surface area contributed by atoms with Gasteiger partial charge in [-0.05, 0) is 57.4 Å². The fourth-order valence-corrected chi connectivity index (χ4v) is 2.08. The standard InChI is InChI=1S/C15H24FNO2/c1-15(2,16)12-10-13(18-3)11(7-5-6-8-17)9-14(12)19-4/h9-10H,5-8,17H2,1-4H3. The number of benzene rings is 1. The van der Waals surface area contributed by atoms with Crippen molar-refractivity contribution in [3.8, 4) is 11.5 Å². The van der Waals surface area contributed by atoms with Gasteiger partial charge >= 0.3 is 0 Å². The molecule has 0 fully saturated rings. The van der Waals surface area contributed by atoms with Crippen LogP contribution in [0, 0.1) is 0 Å². The van der Waals surface area contributed by atoms with E-state index in [1.165, 1.54) is 13.8 Å². The topological polar surface area (TPSA) is 44.5 Å². The highest BCUT2D eigenvalue weighted by molar-refractivity contribution is 5.48. The number of ether oxygens (including phenoxy) is 2. The molecule has 0 saturated heterocycles. The van der Waals surface area contributed by atoms with Gasteiger partial charge < -0.3 is 15.2 Å².